The third-order valence-corrected chi connectivity index (χ3v) is 4.27. The van der Waals surface area contributed by atoms with E-state index in [-0.39, 0.29) is 36.1 Å². The normalized spacial score (nSPS) is 26.1. The molecule has 1 aliphatic carbocycles. The molecule has 12 heteroatoms. The topological polar surface area (TPSA) is 128 Å². The van der Waals surface area contributed by atoms with Crippen LogP contribution in [0.1, 0.15) is 19.8 Å². The van der Waals surface area contributed by atoms with Crippen LogP contribution in [0.4, 0.5) is 4.79 Å². The average molecular weight is 369 g/mol. The van der Waals surface area contributed by atoms with E-state index in [1.165, 1.54) is 6.08 Å². The van der Waals surface area contributed by atoms with Crippen LogP contribution in [0.25, 0.3) is 0 Å². The maximum atomic E-state index is 12.2. The monoisotopic (exact) mass is 369 g/mol. The number of hydrogen-bond acceptors (Lipinski definition) is 7. The predicted molar refractivity (Wildman–Crippen MR) is 72.9 cm³/mol. The van der Waals surface area contributed by atoms with Gasteiger partial charge in [0.2, 0.25) is 10.4 Å². The van der Waals surface area contributed by atoms with Crippen LogP contribution in [0.15, 0.2) is 11.6 Å². The van der Waals surface area contributed by atoms with E-state index in [0.717, 1.165) is 17.7 Å². The number of hydroxylamine groups is 3. The van der Waals surface area contributed by atoms with Gasteiger partial charge in [-0.1, -0.05) is 6.08 Å². The van der Waals surface area contributed by atoms with Crippen molar-refractivity contribution >= 4 is 22.3 Å². The summed E-state index contributed by atoms with van der Waals surface area (Å²) in [5.41, 5.74) is 2.85. The van der Waals surface area contributed by atoms with Crippen LogP contribution < -0.4 is 35.0 Å². The summed E-state index contributed by atoms with van der Waals surface area (Å²) in [7, 11) is -5.08. The summed E-state index contributed by atoms with van der Waals surface area (Å²) in [5, 5.41) is 0.476. The number of carbonyl (C=O) groups excluding carboxylic acids is 2. The molecule has 2 heterocycles. The van der Waals surface area contributed by atoms with Gasteiger partial charge in [0.15, 0.2) is 0 Å². The molecule has 3 rings (SSSR count). The smallest absolute Gasteiger partial charge is 0.724 e. The molecule has 10 nitrogen and oxygen atoms in total. The first-order chi connectivity index (χ1) is 10.8. The number of rotatable bonds is 6. The van der Waals surface area contributed by atoms with Gasteiger partial charge in [0.25, 0.3) is 5.91 Å². The number of hydrogen-bond donors (Lipinski definition) is 1. The van der Waals surface area contributed by atoms with E-state index in [0.29, 0.717) is 23.2 Å². The van der Waals surface area contributed by atoms with Gasteiger partial charge in [0.05, 0.1) is 19.2 Å². The maximum absolute atomic E-state index is 12.2. The number of fused-ring (bicyclic) bond motifs is 2. The van der Waals surface area contributed by atoms with Gasteiger partial charge in [-0.05, 0) is 31.3 Å². The van der Waals surface area contributed by atoms with Crippen LogP contribution in [-0.2, 0) is 24.3 Å². The molecule has 0 spiro atoms. The predicted octanol–water partition coefficient (Wildman–Crippen LogP) is -3.73. The zero-order chi connectivity index (χ0) is 16.8. The van der Waals surface area contributed by atoms with Crippen molar-refractivity contribution in [2.75, 3.05) is 13.2 Å². The summed E-state index contributed by atoms with van der Waals surface area (Å²) in [4.78, 5) is 30.7. The number of nitrogens with one attached hydrogen (secondary N) is 1. The molecule has 2 aliphatic heterocycles. The van der Waals surface area contributed by atoms with Crippen molar-refractivity contribution in [1.29, 1.82) is 0 Å². The Hall–Kier alpha value is -0.690. The fourth-order valence-corrected chi connectivity index (χ4v) is 3.07. The van der Waals surface area contributed by atoms with Gasteiger partial charge in [-0.2, -0.15) is 9.35 Å². The van der Waals surface area contributed by atoms with E-state index in [9.17, 15) is 22.6 Å². The fourth-order valence-electron chi connectivity index (χ4n) is 2.70. The summed E-state index contributed by atoms with van der Waals surface area (Å²) in [6, 6.07) is -2.52. The second-order valence-corrected chi connectivity index (χ2v) is 6.81. The van der Waals surface area contributed by atoms with Gasteiger partial charge in [0.1, 0.15) is 6.04 Å². The van der Waals surface area contributed by atoms with E-state index in [4.69, 9.17) is 4.84 Å². The SMILES string of the molecule is CC1=C[C@@H]2CN(C(=O)N2OS(=O)(=O)[O-])[C@@H]1C(=O)NOCC1CC1.[Na+]. The summed E-state index contributed by atoms with van der Waals surface area (Å²) in [5.74, 6) is -0.0692. The summed E-state index contributed by atoms with van der Waals surface area (Å²) >= 11 is 0. The average Bonchev–Trinajstić information content (AvgIpc) is 3.22. The quantitative estimate of drug-likeness (QED) is 0.168. The Morgan fingerprint density at radius 1 is 1.46 bits per heavy atom. The first kappa shape index (κ1) is 19.6. The molecule has 2 atom stereocenters. The zero-order valence-corrected chi connectivity index (χ0v) is 16.1. The minimum atomic E-state index is -5.08. The molecule has 1 saturated heterocycles. The molecule has 128 valence electrons. The van der Waals surface area contributed by atoms with Gasteiger partial charge >= 0.3 is 35.6 Å². The van der Waals surface area contributed by atoms with Crippen LogP contribution in [-0.4, -0.2) is 60.1 Å². The fraction of sp³-hybridized carbons (Fsp3) is 0.667. The van der Waals surface area contributed by atoms with Gasteiger partial charge in [0, 0.05) is 0 Å². The molecule has 1 N–H and O–H groups in total. The van der Waals surface area contributed by atoms with Crippen LogP contribution in [0.5, 0.6) is 0 Å². The minimum absolute atomic E-state index is 0. The van der Waals surface area contributed by atoms with Gasteiger partial charge in [-0.3, -0.25) is 9.63 Å². The van der Waals surface area contributed by atoms with E-state index in [2.05, 4.69) is 9.76 Å². The molecular weight excluding hydrogens is 353 g/mol. The second-order valence-electron chi connectivity index (χ2n) is 5.84. The van der Waals surface area contributed by atoms with E-state index in [1.54, 1.807) is 6.92 Å². The number of carbonyl (C=O) groups is 2. The molecule has 3 aliphatic rings. The largest absolute Gasteiger partial charge is 1.00 e. The second kappa shape index (κ2) is 7.28. The Morgan fingerprint density at radius 3 is 2.71 bits per heavy atom. The van der Waals surface area contributed by atoms with Gasteiger partial charge in [-0.25, -0.2) is 18.7 Å². The van der Waals surface area contributed by atoms with Gasteiger partial charge < -0.3 is 9.45 Å². The molecule has 24 heavy (non-hydrogen) atoms. The Balaban J connectivity index is 0.00000208. The molecule has 3 amide bonds. The van der Waals surface area contributed by atoms with Crippen LogP contribution in [0, 0.1) is 5.92 Å². The van der Waals surface area contributed by atoms with Crippen molar-refractivity contribution in [2.24, 2.45) is 5.92 Å². The number of nitrogens with zero attached hydrogens (tertiary/aromatic N) is 2. The van der Waals surface area contributed by atoms with E-state index < -0.39 is 34.4 Å². The summed E-state index contributed by atoms with van der Waals surface area (Å²) in [6.45, 7) is 2.10. The zero-order valence-electron chi connectivity index (χ0n) is 13.3. The third kappa shape index (κ3) is 4.28. The van der Waals surface area contributed by atoms with Crippen LogP contribution in [0.3, 0.4) is 0 Å². The van der Waals surface area contributed by atoms with Crippen LogP contribution in [0.2, 0.25) is 0 Å². The molecule has 2 fully saturated rings. The third-order valence-electron chi connectivity index (χ3n) is 3.93. The van der Waals surface area contributed by atoms with Crippen molar-refractivity contribution in [2.45, 2.75) is 31.8 Å². The van der Waals surface area contributed by atoms with Gasteiger partial charge in [-0.15, -0.1) is 0 Å². The summed E-state index contributed by atoms with van der Waals surface area (Å²) in [6.07, 6.45) is 3.67. The van der Waals surface area contributed by atoms with Crippen molar-refractivity contribution in [3.8, 4) is 0 Å². The van der Waals surface area contributed by atoms with E-state index >= 15 is 0 Å². The molecule has 0 unspecified atom stereocenters. The van der Waals surface area contributed by atoms with Crippen molar-refractivity contribution < 1.29 is 61.2 Å². The van der Waals surface area contributed by atoms with E-state index in [1.807, 2.05) is 0 Å². The Morgan fingerprint density at radius 2 is 2.12 bits per heavy atom. The molecule has 1 saturated carbocycles. The molecular formula is C12H16N3NaO7S. The Labute approximate surface area is 161 Å². The maximum Gasteiger partial charge on any atom is 1.00 e. The van der Waals surface area contributed by atoms with Crippen molar-refractivity contribution in [3.05, 3.63) is 11.6 Å². The molecule has 0 aromatic carbocycles. The number of amides is 3. The molecule has 0 aromatic heterocycles. The molecule has 0 radical (unpaired) electrons. The van der Waals surface area contributed by atoms with Crippen molar-refractivity contribution in [1.82, 2.24) is 15.4 Å². The Bertz CT molecular complexity index is 664. The first-order valence-electron chi connectivity index (χ1n) is 7.11. The molecule has 2 bridgehead atoms. The minimum Gasteiger partial charge on any atom is -0.724 e. The molecule has 0 aromatic rings. The summed E-state index contributed by atoms with van der Waals surface area (Å²) < 4.78 is 36.3. The number of urea groups is 1. The van der Waals surface area contributed by atoms with Crippen LogP contribution >= 0.6 is 0 Å². The van der Waals surface area contributed by atoms with Crippen molar-refractivity contribution in [3.63, 3.8) is 0 Å². The standard InChI is InChI=1S/C12H17N3O7S.Na/c1-7-4-9-5-14(12(17)15(9)22-23(18,19)20)10(7)11(16)13-21-6-8-2-3-8;/h4,8-10H,2-3,5-6H2,1H3,(H,13,16)(H,18,19,20);/q;+1/p-1/t9-,10+;/m1./s1. The first-order valence-corrected chi connectivity index (χ1v) is 8.45. The Kier molecular flexibility index (Phi) is 5.95.